The average Bonchev–Trinajstić information content (AvgIpc) is 3.08. The molecule has 3 saturated heterocycles. The Morgan fingerprint density at radius 2 is 1.78 bits per heavy atom. The molecule has 3 amide bonds. The fourth-order valence-corrected chi connectivity index (χ4v) is 5.01. The number of carbonyl (C=O) groups is 3. The lowest BCUT2D eigenvalue weighted by Crippen LogP contribution is -2.53. The molecule has 2 bridgehead atoms. The van der Waals surface area contributed by atoms with Crippen molar-refractivity contribution >= 4 is 23.4 Å². The summed E-state index contributed by atoms with van der Waals surface area (Å²) in [6.07, 6.45) is 2.61. The number of hydrogen-bond donors (Lipinski definition) is 2. The van der Waals surface area contributed by atoms with Crippen LogP contribution in [0.2, 0.25) is 0 Å². The van der Waals surface area contributed by atoms with E-state index in [4.69, 9.17) is 0 Å². The maximum absolute atomic E-state index is 14.4. The largest absolute Gasteiger partial charge is 0.363 e. The van der Waals surface area contributed by atoms with Gasteiger partial charge in [0.15, 0.2) is 0 Å². The van der Waals surface area contributed by atoms with Crippen LogP contribution < -0.4 is 15.5 Å². The average molecular weight is 372 g/mol. The van der Waals surface area contributed by atoms with Gasteiger partial charge in [-0.2, -0.15) is 0 Å². The molecule has 1 unspecified atom stereocenters. The lowest BCUT2D eigenvalue weighted by atomic mass is 10.0. The minimum absolute atomic E-state index is 0.208. The van der Waals surface area contributed by atoms with Gasteiger partial charge >= 0.3 is 0 Å². The fourth-order valence-electron chi connectivity index (χ4n) is 5.01. The van der Waals surface area contributed by atoms with E-state index >= 15 is 0 Å². The third-order valence-corrected chi connectivity index (χ3v) is 6.26. The zero-order chi connectivity index (χ0) is 18.7. The van der Waals surface area contributed by atoms with E-state index in [-0.39, 0.29) is 24.8 Å². The van der Waals surface area contributed by atoms with Gasteiger partial charge < -0.3 is 15.1 Å². The Morgan fingerprint density at radius 3 is 2.48 bits per heavy atom. The van der Waals surface area contributed by atoms with Gasteiger partial charge in [-0.3, -0.25) is 19.7 Å². The maximum Gasteiger partial charge on any atom is 0.255 e. The van der Waals surface area contributed by atoms with Crippen molar-refractivity contribution in [3.8, 4) is 0 Å². The first-order valence-corrected chi connectivity index (χ1v) is 9.49. The Balaban J connectivity index is 1.51. The van der Waals surface area contributed by atoms with Gasteiger partial charge in [0.25, 0.3) is 5.91 Å². The van der Waals surface area contributed by atoms with Crippen molar-refractivity contribution in [2.24, 2.45) is 0 Å². The first-order chi connectivity index (χ1) is 13.0. The minimum Gasteiger partial charge on any atom is -0.363 e. The highest BCUT2D eigenvalue weighted by Crippen LogP contribution is 2.40. The van der Waals surface area contributed by atoms with E-state index in [2.05, 4.69) is 15.5 Å². The number of nitrogens with zero attached hydrogens (tertiary/aromatic N) is 2. The van der Waals surface area contributed by atoms with Crippen LogP contribution in [0.4, 0.5) is 10.1 Å². The van der Waals surface area contributed by atoms with Crippen LogP contribution in [0.5, 0.6) is 0 Å². The third-order valence-electron chi connectivity index (χ3n) is 6.26. The summed E-state index contributed by atoms with van der Waals surface area (Å²) in [6.45, 7) is 1.98. The molecule has 3 atom stereocenters. The van der Waals surface area contributed by atoms with E-state index < -0.39 is 17.8 Å². The Morgan fingerprint density at radius 1 is 1.04 bits per heavy atom. The number of piperazine rings is 1. The van der Waals surface area contributed by atoms with Crippen molar-refractivity contribution in [3.05, 3.63) is 29.1 Å². The molecule has 7 nitrogen and oxygen atoms in total. The number of benzene rings is 1. The summed E-state index contributed by atoms with van der Waals surface area (Å²) >= 11 is 0. The highest BCUT2D eigenvalue weighted by molar-refractivity contribution is 6.06. The minimum atomic E-state index is -0.682. The molecule has 4 heterocycles. The van der Waals surface area contributed by atoms with Crippen molar-refractivity contribution in [2.75, 3.05) is 18.0 Å². The Bertz CT molecular complexity index is 842. The lowest BCUT2D eigenvalue weighted by molar-refractivity contribution is -0.136. The van der Waals surface area contributed by atoms with Crippen LogP contribution in [0.15, 0.2) is 12.1 Å². The van der Waals surface area contributed by atoms with Gasteiger partial charge in [0.05, 0.1) is 0 Å². The van der Waals surface area contributed by atoms with Crippen LogP contribution in [0.3, 0.4) is 0 Å². The molecule has 0 radical (unpaired) electrons. The highest BCUT2D eigenvalue weighted by atomic mass is 19.1. The third kappa shape index (κ3) is 2.54. The number of piperidine rings is 1. The molecule has 8 heteroatoms. The number of imide groups is 1. The summed E-state index contributed by atoms with van der Waals surface area (Å²) in [6, 6.07) is 2.72. The second-order valence-corrected chi connectivity index (χ2v) is 7.80. The Hall–Kier alpha value is -2.48. The molecule has 3 fully saturated rings. The summed E-state index contributed by atoms with van der Waals surface area (Å²) in [5.41, 5.74) is 1.92. The van der Waals surface area contributed by atoms with Gasteiger partial charge in [-0.25, -0.2) is 4.39 Å². The second kappa shape index (κ2) is 6.02. The van der Waals surface area contributed by atoms with E-state index in [9.17, 15) is 18.8 Å². The molecule has 2 N–H and O–H groups in total. The van der Waals surface area contributed by atoms with Crippen LogP contribution in [0, 0.1) is 5.82 Å². The molecule has 27 heavy (non-hydrogen) atoms. The standard InChI is InChI=1S/C19H21FN4O3/c20-10-5-13-14(16(6-10)24-11-1-2-12(24)8-21-7-11)9-23(19(13)27)15-3-4-17(25)22-18(15)26/h5-6,11-12,15,21H,1-4,7-9H2,(H,22,25,26)/t11-,12+,15?. The summed E-state index contributed by atoms with van der Waals surface area (Å²) < 4.78 is 14.4. The maximum atomic E-state index is 14.4. The van der Waals surface area contributed by atoms with E-state index in [0.717, 1.165) is 37.2 Å². The predicted octanol–water partition coefficient (Wildman–Crippen LogP) is 0.527. The molecule has 142 valence electrons. The number of amides is 3. The molecule has 0 aromatic heterocycles. The Kier molecular flexibility index (Phi) is 3.72. The highest BCUT2D eigenvalue weighted by Gasteiger charge is 2.43. The van der Waals surface area contributed by atoms with E-state index in [1.54, 1.807) is 0 Å². The normalized spacial score (nSPS) is 30.0. The lowest BCUT2D eigenvalue weighted by Gasteiger charge is -2.38. The van der Waals surface area contributed by atoms with Crippen LogP contribution >= 0.6 is 0 Å². The van der Waals surface area contributed by atoms with Gasteiger partial charge in [-0.1, -0.05) is 0 Å². The fraction of sp³-hybridized carbons (Fsp3) is 0.526. The summed E-state index contributed by atoms with van der Waals surface area (Å²) in [5, 5.41) is 5.71. The zero-order valence-corrected chi connectivity index (χ0v) is 14.8. The molecule has 5 rings (SSSR count). The van der Waals surface area contributed by atoms with E-state index in [0.29, 0.717) is 24.1 Å². The van der Waals surface area contributed by atoms with Gasteiger partial charge in [0.2, 0.25) is 11.8 Å². The summed E-state index contributed by atoms with van der Waals surface area (Å²) in [7, 11) is 0. The monoisotopic (exact) mass is 372 g/mol. The number of halogens is 1. The Labute approximate surface area is 155 Å². The van der Waals surface area contributed by atoms with E-state index in [1.165, 1.54) is 17.0 Å². The van der Waals surface area contributed by atoms with Gasteiger partial charge in [-0.15, -0.1) is 0 Å². The van der Waals surface area contributed by atoms with E-state index in [1.807, 2.05) is 0 Å². The molecular formula is C19H21FN4O3. The first kappa shape index (κ1) is 16.7. The van der Waals surface area contributed by atoms with Crippen molar-refractivity contribution in [3.63, 3.8) is 0 Å². The predicted molar refractivity (Wildman–Crippen MR) is 94.6 cm³/mol. The molecule has 0 aliphatic carbocycles. The molecule has 4 aliphatic heterocycles. The smallest absolute Gasteiger partial charge is 0.255 e. The number of carbonyl (C=O) groups excluding carboxylic acids is 3. The van der Waals surface area contributed by atoms with Crippen molar-refractivity contribution < 1.29 is 18.8 Å². The SMILES string of the molecule is O=C1CCC(N2Cc3c(cc(F)cc3N3[C@@H]4CC[C@H]3CNC4)C2=O)C(=O)N1. The zero-order valence-electron chi connectivity index (χ0n) is 14.8. The molecule has 0 saturated carbocycles. The number of fused-ring (bicyclic) bond motifs is 3. The van der Waals surface area contributed by atoms with Crippen molar-refractivity contribution in [2.45, 2.75) is 50.4 Å². The quantitative estimate of drug-likeness (QED) is 0.740. The van der Waals surface area contributed by atoms with Crippen LogP contribution in [0.25, 0.3) is 0 Å². The summed E-state index contributed by atoms with van der Waals surface area (Å²) in [4.78, 5) is 40.4. The molecular weight excluding hydrogens is 351 g/mol. The molecule has 4 aliphatic rings. The van der Waals surface area contributed by atoms with Gasteiger partial charge in [0.1, 0.15) is 11.9 Å². The number of anilines is 1. The summed E-state index contributed by atoms with van der Waals surface area (Å²) in [5.74, 6) is -1.52. The number of hydrogen-bond acceptors (Lipinski definition) is 5. The first-order valence-electron chi connectivity index (χ1n) is 9.49. The van der Waals surface area contributed by atoms with Gasteiger partial charge in [0, 0.05) is 55.0 Å². The topological polar surface area (TPSA) is 81.8 Å². The molecule has 0 spiro atoms. The van der Waals surface area contributed by atoms with Crippen molar-refractivity contribution in [1.82, 2.24) is 15.5 Å². The number of nitrogens with one attached hydrogen (secondary N) is 2. The van der Waals surface area contributed by atoms with Crippen LogP contribution in [0.1, 0.15) is 41.6 Å². The molecule has 1 aromatic carbocycles. The van der Waals surface area contributed by atoms with Crippen molar-refractivity contribution in [1.29, 1.82) is 0 Å². The van der Waals surface area contributed by atoms with Crippen LogP contribution in [-0.4, -0.2) is 53.8 Å². The van der Waals surface area contributed by atoms with Crippen LogP contribution in [-0.2, 0) is 16.1 Å². The molecule has 1 aromatic rings. The second-order valence-electron chi connectivity index (χ2n) is 7.80. The van der Waals surface area contributed by atoms with Gasteiger partial charge in [-0.05, 0) is 31.4 Å². The number of rotatable bonds is 2.